The zero-order valence-electron chi connectivity index (χ0n) is 17.0. The number of benzene rings is 2. The van der Waals surface area contributed by atoms with Crippen molar-refractivity contribution in [2.24, 2.45) is 0 Å². The van der Waals surface area contributed by atoms with E-state index in [-0.39, 0.29) is 17.2 Å². The van der Waals surface area contributed by atoms with Crippen molar-refractivity contribution >= 4 is 29.4 Å². The van der Waals surface area contributed by atoms with E-state index in [0.29, 0.717) is 10.5 Å². The van der Waals surface area contributed by atoms with Gasteiger partial charge in [-0.15, -0.1) is 0 Å². The number of nitro groups is 1. The van der Waals surface area contributed by atoms with Crippen LogP contribution in [0.4, 0.5) is 5.69 Å². The standard InChI is InChI=1S/C22H19N3O7/c1-12(24-20(27)15-8-5-9-16(25(30)31)17(15)21(24)28)22(29)32-18(13-6-3-2-4-7-13)19(26)23-14-10-11-14/h2-9,12,14,18H,10-11H2,1H3,(H,23,26)/t12-,18-/m0/s1. The molecule has 0 unspecified atom stereocenters. The molecule has 2 aliphatic rings. The number of amides is 3. The monoisotopic (exact) mass is 437 g/mol. The Morgan fingerprint density at radius 3 is 2.41 bits per heavy atom. The number of fused-ring (bicyclic) bond motifs is 1. The molecule has 0 saturated heterocycles. The van der Waals surface area contributed by atoms with Gasteiger partial charge in [-0.05, 0) is 25.8 Å². The average Bonchev–Trinajstić information content (AvgIpc) is 3.56. The fourth-order valence-corrected chi connectivity index (χ4v) is 3.51. The number of hydrogen-bond donors (Lipinski definition) is 1. The second kappa shape index (κ2) is 8.22. The smallest absolute Gasteiger partial charge is 0.330 e. The first-order valence-electron chi connectivity index (χ1n) is 10.0. The van der Waals surface area contributed by atoms with Crippen LogP contribution in [0.25, 0.3) is 0 Å². The van der Waals surface area contributed by atoms with Crippen LogP contribution in [0.1, 0.15) is 52.1 Å². The molecule has 2 atom stereocenters. The van der Waals surface area contributed by atoms with Crippen molar-refractivity contribution in [3.63, 3.8) is 0 Å². The number of imide groups is 1. The summed E-state index contributed by atoms with van der Waals surface area (Å²) >= 11 is 0. The molecule has 10 heteroatoms. The molecule has 2 aromatic carbocycles. The minimum atomic E-state index is -1.40. The molecule has 1 N–H and O–H groups in total. The molecule has 164 valence electrons. The van der Waals surface area contributed by atoms with Gasteiger partial charge in [-0.3, -0.25) is 29.4 Å². The third-order valence-electron chi connectivity index (χ3n) is 5.35. The van der Waals surface area contributed by atoms with Crippen molar-refractivity contribution in [1.82, 2.24) is 10.2 Å². The number of hydrogen-bond acceptors (Lipinski definition) is 7. The number of nitro benzene ring substituents is 1. The molecule has 0 radical (unpaired) electrons. The van der Waals surface area contributed by atoms with E-state index in [1.165, 1.54) is 19.1 Å². The molecule has 1 aliphatic carbocycles. The first kappa shape index (κ1) is 21.2. The van der Waals surface area contributed by atoms with E-state index in [0.717, 1.165) is 18.9 Å². The lowest BCUT2D eigenvalue weighted by atomic mass is 10.1. The summed E-state index contributed by atoms with van der Waals surface area (Å²) < 4.78 is 5.44. The summed E-state index contributed by atoms with van der Waals surface area (Å²) in [5.41, 5.74) is -0.609. The maximum absolute atomic E-state index is 12.9. The van der Waals surface area contributed by atoms with Gasteiger partial charge in [0.1, 0.15) is 11.6 Å². The molecule has 10 nitrogen and oxygen atoms in total. The van der Waals surface area contributed by atoms with Gasteiger partial charge in [-0.1, -0.05) is 36.4 Å². The molecule has 1 fully saturated rings. The van der Waals surface area contributed by atoms with E-state index in [1.807, 2.05) is 0 Å². The predicted octanol–water partition coefficient (Wildman–Crippen LogP) is 2.14. The normalized spacial score (nSPS) is 16.8. The Balaban J connectivity index is 1.57. The van der Waals surface area contributed by atoms with Gasteiger partial charge in [0.25, 0.3) is 23.4 Å². The van der Waals surface area contributed by atoms with Crippen LogP contribution in [0.5, 0.6) is 0 Å². The van der Waals surface area contributed by atoms with E-state index in [4.69, 9.17) is 4.74 Å². The van der Waals surface area contributed by atoms with Crippen molar-refractivity contribution in [3.8, 4) is 0 Å². The Kier molecular flexibility index (Phi) is 5.43. The largest absolute Gasteiger partial charge is 0.446 e. The third-order valence-corrected chi connectivity index (χ3v) is 5.35. The predicted molar refractivity (Wildman–Crippen MR) is 109 cm³/mol. The van der Waals surface area contributed by atoms with E-state index in [2.05, 4.69) is 5.32 Å². The average molecular weight is 437 g/mol. The summed E-state index contributed by atoms with van der Waals surface area (Å²) in [4.78, 5) is 62.3. The van der Waals surface area contributed by atoms with Crippen LogP contribution in [-0.2, 0) is 14.3 Å². The van der Waals surface area contributed by atoms with Crippen molar-refractivity contribution in [2.75, 3.05) is 0 Å². The third kappa shape index (κ3) is 3.82. The lowest BCUT2D eigenvalue weighted by Gasteiger charge is -2.24. The van der Waals surface area contributed by atoms with Crippen LogP contribution in [-0.4, -0.2) is 45.6 Å². The van der Waals surface area contributed by atoms with Gasteiger partial charge in [0.2, 0.25) is 6.10 Å². The number of nitrogens with zero attached hydrogens (tertiary/aromatic N) is 2. The Hall–Kier alpha value is -4.08. The Bertz CT molecular complexity index is 1130. The molecule has 1 aliphatic heterocycles. The van der Waals surface area contributed by atoms with Gasteiger partial charge in [0.15, 0.2) is 0 Å². The van der Waals surface area contributed by atoms with Crippen LogP contribution in [0, 0.1) is 10.1 Å². The molecule has 0 bridgehead atoms. The van der Waals surface area contributed by atoms with E-state index >= 15 is 0 Å². The van der Waals surface area contributed by atoms with Gasteiger partial charge >= 0.3 is 5.97 Å². The number of carbonyl (C=O) groups excluding carboxylic acids is 4. The fourth-order valence-electron chi connectivity index (χ4n) is 3.51. The summed E-state index contributed by atoms with van der Waals surface area (Å²) in [6, 6.07) is 10.7. The van der Waals surface area contributed by atoms with E-state index < -0.39 is 46.4 Å². The highest BCUT2D eigenvalue weighted by Crippen LogP contribution is 2.32. The second-order valence-corrected chi connectivity index (χ2v) is 7.62. The summed E-state index contributed by atoms with van der Waals surface area (Å²) in [5.74, 6) is -3.28. The second-order valence-electron chi connectivity index (χ2n) is 7.62. The molecular formula is C22H19N3O7. The summed E-state index contributed by atoms with van der Waals surface area (Å²) in [5, 5.41) is 14.1. The maximum Gasteiger partial charge on any atom is 0.330 e. The molecule has 3 amide bonds. The lowest BCUT2D eigenvalue weighted by molar-refractivity contribution is -0.385. The minimum absolute atomic E-state index is 0.0293. The molecule has 0 aromatic heterocycles. The Morgan fingerprint density at radius 1 is 1.09 bits per heavy atom. The zero-order valence-corrected chi connectivity index (χ0v) is 17.0. The van der Waals surface area contributed by atoms with Crippen molar-refractivity contribution in [3.05, 3.63) is 75.3 Å². The van der Waals surface area contributed by atoms with E-state index in [9.17, 15) is 29.3 Å². The summed E-state index contributed by atoms with van der Waals surface area (Å²) in [6.45, 7) is 1.27. The maximum atomic E-state index is 12.9. The Morgan fingerprint density at radius 2 is 1.78 bits per heavy atom. The minimum Gasteiger partial charge on any atom is -0.446 e. The van der Waals surface area contributed by atoms with Crippen LogP contribution < -0.4 is 5.32 Å². The molecule has 1 saturated carbocycles. The van der Waals surface area contributed by atoms with Gasteiger partial charge < -0.3 is 10.1 Å². The van der Waals surface area contributed by atoms with Crippen molar-refractivity contribution < 1.29 is 28.8 Å². The first-order valence-corrected chi connectivity index (χ1v) is 10.0. The SMILES string of the molecule is C[C@@H](C(=O)O[C@H](C(=O)NC1CC1)c1ccccc1)N1C(=O)c2cccc([N+](=O)[O-])c2C1=O. The number of nitrogens with one attached hydrogen (secondary N) is 1. The van der Waals surface area contributed by atoms with Crippen LogP contribution >= 0.6 is 0 Å². The lowest BCUT2D eigenvalue weighted by Crippen LogP contribution is -2.45. The van der Waals surface area contributed by atoms with Crippen LogP contribution in [0.3, 0.4) is 0 Å². The van der Waals surface area contributed by atoms with Crippen molar-refractivity contribution in [1.29, 1.82) is 0 Å². The number of ether oxygens (including phenoxy) is 1. The highest BCUT2D eigenvalue weighted by atomic mass is 16.6. The number of rotatable bonds is 7. The molecule has 2 aromatic rings. The molecule has 32 heavy (non-hydrogen) atoms. The highest BCUT2D eigenvalue weighted by Gasteiger charge is 2.46. The fraction of sp³-hybridized carbons (Fsp3) is 0.273. The van der Waals surface area contributed by atoms with Crippen LogP contribution in [0.2, 0.25) is 0 Å². The summed E-state index contributed by atoms with van der Waals surface area (Å²) in [7, 11) is 0. The van der Waals surface area contributed by atoms with E-state index in [1.54, 1.807) is 30.3 Å². The van der Waals surface area contributed by atoms with Gasteiger partial charge in [0.05, 0.1) is 10.5 Å². The number of carbonyl (C=O) groups is 4. The van der Waals surface area contributed by atoms with Gasteiger partial charge in [-0.25, -0.2) is 4.79 Å². The summed E-state index contributed by atoms with van der Waals surface area (Å²) in [6.07, 6.45) is 0.410. The van der Waals surface area contributed by atoms with Gasteiger partial charge in [0, 0.05) is 17.7 Å². The topological polar surface area (TPSA) is 136 Å². The molecular weight excluding hydrogens is 418 g/mol. The number of esters is 1. The van der Waals surface area contributed by atoms with Gasteiger partial charge in [-0.2, -0.15) is 0 Å². The Labute approximate surface area is 182 Å². The molecule has 0 spiro atoms. The van der Waals surface area contributed by atoms with Crippen LogP contribution in [0.15, 0.2) is 48.5 Å². The zero-order chi connectivity index (χ0) is 23.0. The molecule has 1 heterocycles. The highest BCUT2D eigenvalue weighted by molar-refractivity contribution is 6.24. The quantitative estimate of drug-likeness (QED) is 0.303. The molecule has 4 rings (SSSR count). The first-order chi connectivity index (χ1) is 15.3. The van der Waals surface area contributed by atoms with Crippen molar-refractivity contribution in [2.45, 2.75) is 38.0 Å².